The number of fused-ring (bicyclic) bond motifs is 2. The second-order valence-electron chi connectivity index (χ2n) is 17.9. The van der Waals surface area contributed by atoms with E-state index in [4.69, 9.17) is 10.1 Å². The Hall–Kier alpha value is -5.87. The summed E-state index contributed by atoms with van der Waals surface area (Å²) in [6, 6.07) is 15.5. The minimum Gasteiger partial charge on any atom is -0.385 e. The molecule has 3 atom stereocenters. The molecule has 3 aromatic heterocycles. The molecule has 10 rings (SSSR count). The molecule has 13 nitrogen and oxygen atoms in total. The monoisotopic (exact) mass is 846 g/mol. The van der Waals surface area contributed by atoms with Gasteiger partial charge in [0.05, 0.1) is 41.5 Å². The summed E-state index contributed by atoms with van der Waals surface area (Å²) < 4.78 is 47.2. The number of halogens is 3. The molecule has 1 aliphatic carbocycles. The molecule has 5 aromatic rings. The molecule has 1 spiro atoms. The van der Waals surface area contributed by atoms with E-state index in [2.05, 4.69) is 36.8 Å². The number of nitrogens with zero attached hydrogens (tertiary/aromatic N) is 7. The van der Waals surface area contributed by atoms with Crippen molar-refractivity contribution in [1.82, 2.24) is 40.0 Å². The van der Waals surface area contributed by atoms with Gasteiger partial charge in [-0.15, -0.1) is 5.10 Å². The molecule has 3 saturated heterocycles. The number of pyridine rings is 1. The fourth-order valence-electron chi connectivity index (χ4n) is 10.1. The number of hydrogen-bond acceptors (Lipinski definition) is 10. The summed E-state index contributed by atoms with van der Waals surface area (Å²) in [5.41, 5.74) is 9.01. The molecule has 2 unspecified atom stereocenters. The SMILES string of the molecule is CNc1cc(N2CCc3c(-c4ccc(CN5CC6(CCN(Cc7cc(C8CCC(=O)NC8=O)c(C)cc7C)CC6(F)F)C5)cn4)cccc32)nn2c(C(=O)NC3C[C@@H]3F)cnc12. The van der Waals surface area contributed by atoms with E-state index in [0.29, 0.717) is 75.7 Å². The van der Waals surface area contributed by atoms with Crippen LogP contribution in [0, 0.1) is 19.3 Å². The van der Waals surface area contributed by atoms with E-state index in [9.17, 15) is 18.8 Å². The fourth-order valence-corrected chi connectivity index (χ4v) is 10.1. The molecule has 4 aliphatic heterocycles. The number of anilines is 3. The van der Waals surface area contributed by atoms with Crippen molar-refractivity contribution in [3.8, 4) is 11.3 Å². The highest BCUT2D eigenvalue weighted by molar-refractivity contribution is 6.01. The minimum atomic E-state index is -2.86. The standard InChI is InChI=1S/C46H49F3N10O3/c1-26-15-27(2)33(32-8-10-41(60)54-43(32)61)16-29(26)22-56-14-12-45(46(48,49)25-56)23-57(24-45)21-28-7-9-35(51-19-28)30-5-4-6-38-31(30)11-13-58(38)40-18-37(50-3)42-52-20-39(59(42)55-40)44(62)53-36-17-34(36)47/h4-7,9,15-16,18-20,32,34,36,50H,8,10-14,17,21-25H2,1-3H3,(H,53,62)(H,54,60,61)/t32?,34-,36?/m0/s1. The third kappa shape index (κ3) is 7.06. The number of carbonyl (C=O) groups excluding carboxylic acids is 3. The smallest absolute Gasteiger partial charge is 0.271 e. The number of imidazole rings is 1. The first-order valence-corrected chi connectivity index (χ1v) is 21.4. The van der Waals surface area contributed by atoms with E-state index >= 15 is 8.78 Å². The van der Waals surface area contributed by atoms with Gasteiger partial charge < -0.3 is 15.5 Å². The lowest BCUT2D eigenvalue weighted by atomic mass is 9.69. The fraction of sp³-hybridized carbons (Fsp3) is 0.435. The normalized spacial score (nSPS) is 23.0. The number of likely N-dealkylation sites (tertiary alicyclic amines) is 2. The van der Waals surface area contributed by atoms with Gasteiger partial charge in [0.1, 0.15) is 6.17 Å². The number of piperidine rings is 2. The van der Waals surface area contributed by atoms with Crippen LogP contribution in [-0.4, -0.2) is 105 Å². The maximum absolute atomic E-state index is 16.1. The summed E-state index contributed by atoms with van der Waals surface area (Å²) in [5, 5.41) is 13.2. The quantitative estimate of drug-likeness (QED) is 0.147. The van der Waals surface area contributed by atoms with Crippen LogP contribution in [0.2, 0.25) is 0 Å². The molecule has 1 saturated carbocycles. The minimum absolute atomic E-state index is 0.232. The lowest BCUT2D eigenvalue weighted by Crippen LogP contribution is -2.69. The Balaban J connectivity index is 0.786. The van der Waals surface area contributed by atoms with Gasteiger partial charge in [0.25, 0.3) is 11.8 Å². The molecule has 16 heteroatoms. The third-order valence-corrected chi connectivity index (χ3v) is 13.7. The van der Waals surface area contributed by atoms with Gasteiger partial charge in [-0.2, -0.15) is 0 Å². The number of hydrogen-bond donors (Lipinski definition) is 3. The van der Waals surface area contributed by atoms with Gasteiger partial charge in [0, 0.05) is 76.1 Å². The molecule has 0 bridgehead atoms. The van der Waals surface area contributed by atoms with Gasteiger partial charge in [-0.1, -0.05) is 30.3 Å². The summed E-state index contributed by atoms with van der Waals surface area (Å²) in [5.74, 6) is -3.63. The first kappa shape index (κ1) is 40.2. The van der Waals surface area contributed by atoms with Gasteiger partial charge in [-0.25, -0.2) is 22.7 Å². The van der Waals surface area contributed by atoms with Crippen LogP contribution < -0.4 is 20.9 Å². The maximum Gasteiger partial charge on any atom is 0.271 e. The molecule has 322 valence electrons. The van der Waals surface area contributed by atoms with Crippen LogP contribution in [0.5, 0.6) is 0 Å². The van der Waals surface area contributed by atoms with Crippen LogP contribution >= 0.6 is 0 Å². The van der Waals surface area contributed by atoms with Crippen LogP contribution in [-0.2, 0) is 29.1 Å². The molecular weight excluding hydrogens is 798 g/mol. The van der Waals surface area contributed by atoms with Crippen LogP contribution in [0.25, 0.3) is 16.9 Å². The van der Waals surface area contributed by atoms with E-state index in [1.165, 1.54) is 10.7 Å². The molecule has 62 heavy (non-hydrogen) atoms. The Labute approximate surface area is 357 Å². The van der Waals surface area contributed by atoms with Crippen molar-refractivity contribution in [3.05, 3.63) is 100.0 Å². The number of amides is 3. The summed E-state index contributed by atoms with van der Waals surface area (Å²) in [4.78, 5) is 52.7. The summed E-state index contributed by atoms with van der Waals surface area (Å²) in [6.07, 6.45) is 4.46. The first-order valence-electron chi connectivity index (χ1n) is 21.4. The molecule has 5 aliphatic rings. The number of benzene rings is 2. The van der Waals surface area contributed by atoms with E-state index < -0.39 is 35.4 Å². The highest BCUT2D eigenvalue weighted by Gasteiger charge is 2.62. The van der Waals surface area contributed by atoms with E-state index in [1.54, 1.807) is 7.05 Å². The molecule has 7 heterocycles. The molecule has 4 fully saturated rings. The van der Waals surface area contributed by atoms with Gasteiger partial charge in [0.2, 0.25) is 11.8 Å². The zero-order valence-electron chi connectivity index (χ0n) is 35.0. The first-order chi connectivity index (χ1) is 29.8. The number of rotatable bonds is 10. The molecule has 3 N–H and O–H groups in total. The molecule has 2 aromatic carbocycles. The number of nitrogens with one attached hydrogen (secondary N) is 3. The topological polar surface area (TPSA) is 140 Å². The lowest BCUT2D eigenvalue weighted by molar-refractivity contribution is -0.227. The average Bonchev–Trinajstić information content (AvgIpc) is 3.54. The highest BCUT2D eigenvalue weighted by Crippen LogP contribution is 2.51. The number of alkyl halides is 3. The number of carbonyl (C=O) groups is 3. The Morgan fingerprint density at radius 1 is 0.952 bits per heavy atom. The van der Waals surface area contributed by atoms with Gasteiger partial charge in [-0.3, -0.25) is 34.5 Å². The Bertz CT molecular complexity index is 2630. The predicted molar refractivity (Wildman–Crippen MR) is 227 cm³/mol. The van der Waals surface area contributed by atoms with Crippen LogP contribution in [0.1, 0.15) is 75.5 Å². The number of imide groups is 1. The molecular formula is C46H49F3N10O3. The summed E-state index contributed by atoms with van der Waals surface area (Å²) in [6.45, 7) is 6.39. The molecule has 0 radical (unpaired) electrons. The van der Waals surface area contributed by atoms with Crippen molar-refractivity contribution in [3.63, 3.8) is 0 Å². The number of aromatic nitrogens is 4. The highest BCUT2D eigenvalue weighted by atomic mass is 19.3. The van der Waals surface area contributed by atoms with Gasteiger partial charge >= 0.3 is 0 Å². The Morgan fingerprint density at radius 3 is 2.50 bits per heavy atom. The zero-order chi connectivity index (χ0) is 43.1. The van der Waals surface area contributed by atoms with Crippen LogP contribution in [0.15, 0.2) is 60.9 Å². The van der Waals surface area contributed by atoms with E-state index in [1.807, 2.05) is 67.4 Å². The van der Waals surface area contributed by atoms with Gasteiger partial charge in [0.15, 0.2) is 17.2 Å². The van der Waals surface area contributed by atoms with Crippen molar-refractivity contribution in [2.75, 3.05) is 50.0 Å². The number of aryl methyl sites for hydroxylation is 2. The largest absolute Gasteiger partial charge is 0.385 e. The van der Waals surface area contributed by atoms with E-state index in [0.717, 1.165) is 56.7 Å². The van der Waals surface area contributed by atoms with Crippen molar-refractivity contribution < 1.29 is 27.6 Å². The summed E-state index contributed by atoms with van der Waals surface area (Å²) >= 11 is 0. The van der Waals surface area contributed by atoms with E-state index in [-0.39, 0.29) is 30.5 Å². The summed E-state index contributed by atoms with van der Waals surface area (Å²) in [7, 11) is 1.79. The average molecular weight is 847 g/mol. The Kier molecular flexibility index (Phi) is 9.85. The zero-order valence-corrected chi connectivity index (χ0v) is 35.0. The van der Waals surface area contributed by atoms with Crippen molar-refractivity contribution in [1.29, 1.82) is 0 Å². The second-order valence-corrected chi connectivity index (χ2v) is 17.9. The second kappa shape index (κ2) is 15.2. The Morgan fingerprint density at radius 2 is 1.77 bits per heavy atom. The molecule has 3 amide bonds. The van der Waals surface area contributed by atoms with Crippen molar-refractivity contribution in [2.45, 2.75) is 83.1 Å². The van der Waals surface area contributed by atoms with Gasteiger partial charge in [-0.05, 0) is 85.2 Å². The van der Waals surface area contributed by atoms with Crippen LogP contribution in [0.4, 0.5) is 30.4 Å². The maximum atomic E-state index is 16.1. The van der Waals surface area contributed by atoms with Crippen molar-refractivity contribution >= 4 is 40.6 Å². The third-order valence-electron chi connectivity index (χ3n) is 13.7. The predicted octanol–water partition coefficient (Wildman–Crippen LogP) is 5.85. The lowest BCUT2D eigenvalue weighted by Gasteiger charge is -2.57. The van der Waals surface area contributed by atoms with Crippen LogP contribution in [0.3, 0.4) is 0 Å². The van der Waals surface area contributed by atoms with Crippen molar-refractivity contribution in [2.24, 2.45) is 5.41 Å².